The molecule has 0 bridgehead atoms. The third kappa shape index (κ3) is 5.33. The zero-order chi connectivity index (χ0) is 17.5. The van der Waals surface area contributed by atoms with E-state index in [2.05, 4.69) is 50.6 Å². The van der Waals surface area contributed by atoms with Gasteiger partial charge in [0.05, 0.1) is 18.8 Å². The summed E-state index contributed by atoms with van der Waals surface area (Å²) in [7, 11) is 0. The largest absolute Gasteiger partial charge is 0.359 e. The molecule has 1 aromatic heterocycles. The van der Waals surface area contributed by atoms with E-state index >= 15 is 0 Å². The van der Waals surface area contributed by atoms with Gasteiger partial charge in [-0.15, -0.1) is 0 Å². The first-order valence-electron chi connectivity index (χ1n) is 7.91. The summed E-state index contributed by atoms with van der Waals surface area (Å²) in [5.74, 6) is 1.39. The van der Waals surface area contributed by atoms with E-state index in [1.54, 1.807) is 12.1 Å². The maximum absolute atomic E-state index is 13.8. The lowest BCUT2D eigenvalue weighted by atomic mass is 10.1. The molecule has 7 heteroatoms. The van der Waals surface area contributed by atoms with Crippen molar-refractivity contribution in [3.8, 4) is 0 Å². The molecule has 0 radical (unpaired) electrons. The third-order valence-electron chi connectivity index (χ3n) is 3.36. The molecule has 0 aliphatic carbocycles. The van der Waals surface area contributed by atoms with Gasteiger partial charge in [0, 0.05) is 22.6 Å². The van der Waals surface area contributed by atoms with Crippen LogP contribution in [0.4, 0.5) is 4.39 Å². The first-order valence-corrected chi connectivity index (χ1v) is 8.70. The summed E-state index contributed by atoms with van der Waals surface area (Å²) < 4.78 is 19.9. The summed E-state index contributed by atoms with van der Waals surface area (Å²) >= 11 is 3.34. The van der Waals surface area contributed by atoms with E-state index in [9.17, 15) is 4.39 Å². The van der Waals surface area contributed by atoms with Crippen LogP contribution >= 0.6 is 15.9 Å². The lowest BCUT2D eigenvalue weighted by molar-refractivity contribution is 0.372. The Balaban J connectivity index is 2.01. The second-order valence-corrected chi connectivity index (χ2v) is 6.57. The molecule has 2 aromatic rings. The van der Waals surface area contributed by atoms with Gasteiger partial charge < -0.3 is 15.2 Å². The molecule has 2 N–H and O–H groups in total. The highest BCUT2D eigenvalue weighted by molar-refractivity contribution is 9.10. The highest BCUT2D eigenvalue weighted by Crippen LogP contribution is 2.16. The Hall–Kier alpha value is -1.89. The Morgan fingerprint density at radius 1 is 1.33 bits per heavy atom. The predicted octanol–water partition coefficient (Wildman–Crippen LogP) is 3.95. The molecule has 0 saturated carbocycles. The predicted molar refractivity (Wildman–Crippen MR) is 96.3 cm³/mol. The molecule has 0 saturated heterocycles. The average molecular weight is 397 g/mol. The number of hydrogen-bond acceptors (Lipinski definition) is 3. The Bertz CT molecular complexity index is 700. The van der Waals surface area contributed by atoms with E-state index in [0.29, 0.717) is 30.5 Å². The number of hydrogen-bond donors (Lipinski definition) is 2. The first-order chi connectivity index (χ1) is 11.5. The number of guanidine groups is 1. The van der Waals surface area contributed by atoms with E-state index < -0.39 is 0 Å². The summed E-state index contributed by atoms with van der Waals surface area (Å²) in [4.78, 5) is 4.41. The van der Waals surface area contributed by atoms with Gasteiger partial charge >= 0.3 is 0 Å². The second kappa shape index (κ2) is 8.82. The summed E-state index contributed by atoms with van der Waals surface area (Å²) in [5.41, 5.74) is 1.45. The van der Waals surface area contributed by atoms with Gasteiger partial charge in [-0.1, -0.05) is 34.9 Å². The van der Waals surface area contributed by atoms with Gasteiger partial charge in [-0.25, -0.2) is 9.38 Å². The van der Waals surface area contributed by atoms with Gasteiger partial charge in [0.15, 0.2) is 11.7 Å². The molecule has 0 fully saturated rings. The minimum atomic E-state index is -0.269. The summed E-state index contributed by atoms with van der Waals surface area (Å²) in [5, 5.41) is 10.3. The maximum atomic E-state index is 13.8. The fourth-order valence-corrected chi connectivity index (χ4v) is 2.43. The van der Waals surface area contributed by atoms with Crippen molar-refractivity contribution in [3.05, 3.63) is 51.6 Å². The van der Waals surface area contributed by atoms with Crippen LogP contribution in [-0.2, 0) is 13.1 Å². The van der Waals surface area contributed by atoms with Crippen LogP contribution in [0.25, 0.3) is 0 Å². The van der Waals surface area contributed by atoms with Crippen molar-refractivity contribution in [1.29, 1.82) is 0 Å². The van der Waals surface area contributed by atoms with E-state index in [4.69, 9.17) is 4.52 Å². The number of nitrogens with one attached hydrogen (secondary N) is 2. The molecule has 0 amide bonds. The molecule has 130 valence electrons. The smallest absolute Gasteiger partial charge is 0.191 e. The van der Waals surface area contributed by atoms with Crippen molar-refractivity contribution in [2.75, 3.05) is 6.54 Å². The van der Waals surface area contributed by atoms with Gasteiger partial charge in [0.2, 0.25) is 0 Å². The quantitative estimate of drug-likeness (QED) is 0.572. The van der Waals surface area contributed by atoms with E-state index in [-0.39, 0.29) is 12.4 Å². The van der Waals surface area contributed by atoms with Crippen molar-refractivity contribution in [1.82, 2.24) is 15.8 Å². The highest BCUT2D eigenvalue weighted by atomic mass is 79.9. The molecule has 1 aromatic carbocycles. The fraction of sp³-hybridized carbons (Fsp3) is 0.412. The number of halogens is 2. The van der Waals surface area contributed by atoms with Gasteiger partial charge in [0.25, 0.3) is 0 Å². The Labute approximate surface area is 149 Å². The molecule has 5 nitrogen and oxygen atoms in total. The van der Waals surface area contributed by atoms with E-state index in [0.717, 1.165) is 15.9 Å². The number of nitrogens with zero attached hydrogens (tertiary/aromatic N) is 2. The number of benzene rings is 1. The van der Waals surface area contributed by atoms with Crippen LogP contribution in [0.5, 0.6) is 0 Å². The standard InChI is InChI=1S/C17H22BrFN4O/c1-4-20-17(21-9-12-7-13(18)5-6-15(12)19)22-10-14-8-16(11(2)3)23-24-14/h5-8,11H,4,9-10H2,1-3H3,(H2,20,21,22). The molecule has 2 rings (SSSR count). The molecular weight excluding hydrogens is 375 g/mol. The fourth-order valence-electron chi connectivity index (χ4n) is 2.03. The minimum Gasteiger partial charge on any atom is -0.359 e. The van der Waals surface area contributed by atoms with Crippen LogP contribution in [0.1, 0.15) is 43.7 Å². The lowest BCUT2D eigenvalue weighted by Gasteiger charge is -2.10. The topological polar surface area (TPSA) is 62.5 Å². The zero-order valence-corrected chi connectivity index (χ0v) is 15.7. The Morgan fingerprint density at radius 3 is 2.79 bits per heavy atom. The highest BCUT2D eigenvalue weighted by Gasteiger charge is 2.08. The van der Waals surface area contributed by atoms with Crippen molar-refractivity contribution in [2.24, 2.45) is 4.99 Å². The van der Waals surface area contributed by atoms with Crippen molar-refractivity contribution in [3.63, 3.8) is 0 Å². The monoisotopic (exact) mass is 396 g/mol. The number of aliphatic imine (C=N–C) groups is 1. The zero-order valence-electron chi connectivity index (χ0n) is 14.1. The van der Waals surface area contributed by atoms with Crippen molar-refractivity contribution in [2.45, 2.75) is 39.8 Å². The van der Waals surface area contributed by atoms with Crippen molar-refractivity contribution >= 4 is 21.9 Å². The number of aromatic nitrogens is 1. The summed E-state index contributed by atoms with van der Waals surface area (Å²) in [6.07, 6.45) is 0. The van der Waals surface area contributed by atoms with Crippen LogP contribution in [0.3, 0.4) is 0 Å². The van der Waals surface area contributed by atoms with Gasteiger partial charge in [-0.3, -0.25) is 0 Å². The van der Waals surface area contributed by atoms with E-state index in [1.807, 2.05) is 13.0 Å². The minimum absolute atomic E-state index is 0.244. The molecule has 0 spiro atoms. The Kier molecular flexibility index (Phi) is 6.78. The number of rotatable bonds is 6. The van der Waals surface area contributed by atoms with Crippen LogP contribution in [0, 0.1) is 5.82 Å². The molecule has 0 atom stereocenters. The average Bonchev–Trinajstić information content (AvgIpc) is 3.02. The van der Waals surface area contributed by atoms with Crippen LogP contribution in [-0.4, -0.2) is 17.7 Å². The van der Waals surface area contributed by atoms with Gasteiger partial charge in [0.1, 0.15) is 5.82 Å². The third-order valence-corrected chi connectivity index (χ3v) is 3.85. The summed E-state index contributed by atoms with van der Waals surface area (Å²) in [6, 6.07) is 6.75. The normalized spacial score (nSPS) is 11.8. The second-order valence-electron chi connectivity index (χ2n) is 5.66. The molecular formula is C17H22BrFN4O. The molecule has 0 unspecified atom stereocenters. The molecule has 0 aliphatic heterocycles. The Morgan fingerprint density at radius 2 is 2.12 bits per heavy atom. The maximum Gasteiger partial charge on any atom is 0.191 e. The SMILES string of the molecule is CCNC(=NCc1cc(Br)ccc1F)NCc1cc(C(C)C)no1. The molecule has 0 aliphatic rings. The van der Waals surface area contributed by atoms with Crippen LogP contribution in [0.2, 0.25) is 0 Å². The molecule has 24 heavy (non-hydrogen) atoms. The van der Waals surface area contributed by atoms with Gasteiger partial charge in [-0.05, 0) is 31.0 Å². The van der Waals surface area contributed by atoms with Crippen molar-refractivity contribution < 1.29 is 8.91 Å². The molecule has 1 heterocycles. The van der Waals surface area contributed by atoms with Crippen LogP contribution < -0.4 is 10.6 Å². The van der Waals surface area contributed by atoms with Gasteiger partial charge in [-0.2, -0.15) is 0 Å². The summed E-state index contributed by atoms with van der Waals surface area (Å²) in [6.45, 7) is 7.52. The van der Waals surface area contributed by atoms with E-state index in [1.165, 1.54) is 6.07 Å². The van der Waals surface area contributed by atoms with Crippen LogP contribution in [0.15, 0.2) is 38.3 Å². The lowest BCUT2D eigenvalue weighted by Crippen LogP contribution is -2.36. The first kappa shape index (κ1) is 18.4.